The average molecular weight is 915 g/mol. The van der Waals surface area contributed by atoms with Gasteiger partial charge in [0.25, 0.3) is 20.2 Å². The summed E-state index contributed by atoms with van der Waals surface area (Å²) in [5.41, 5.74) is 10.9. The monoisotopic (exact) mass is 914 g/mol. The molecular formula is C43H42N6O13S2. The van der Waals surface area contributed by atoms with Gasteiger partial charge in [-0.05, 0) is 99.2 Å². The third-order valence-corrected chi connectivity index (χ3v) is 12.1. The number of nitrogens with two attached hydrogens (primary N) is 1. The van der Waals surface area contributed by atoms with Gasteiger partial charge in [-0.2, -0.15) is 16.8 Å². The van der Waals surface area contributed by atoms with Crippen LogP contribution < -0.4 is 27.0 Å². The summed E-state index contributed by atoms with van der Waals surface area (Å²) in [5, 5.41) is 27.0. The molecule has 0 atom stereocenters. The predicted molar refractivity (Wildman–Crippen MR) is 237 cm³/mol. The molecule has 9 N–H and O–H groups in total. The van der Waals surface area contributed by atoms with E-state index >= 15 is 0 Å². The van der Waals surface area contributed by atoms with Gasteiger partial charge in [0.05, 0.1) is 22.4 Å². The number of nitrogens with one attached hydrogen (secondary N) is 3. The minimum Gasteiger partial charge on any atom is -0.480 e. The second-order valence-electron chi connectivity index (χ2n) is 15.0. The Kier molecular flexibility index (Phi) is 12.6. The van der Waals surface area contributed by atoms with E-state index in [-0.39, 0.29) is 55.7 Å². The Morgan fingerprint density at radius 3 is 1.86 bits per heavy atom. The Morgan fingerprint density at radius 2 is 1.27 bits per heavy atom. The number of hydrogen-bond donors (Lipinski definition) is 8. The van der Waals surface area contributed by atoms with E-state index in [1.54, 1.807) is 45.0 Å². The molecule has 1 aliphatic heterocycles. The minimum atomic E-state index is -5.13. The lowest BCUT2D eigenvalue weighted by atomic mass is 9.93. The fourth-order valence-electron chi connectivity index (χ4n) is 7.68. The molecule has 0 radical (unpaired) electrons. The summed E-state index contributed by atoms with van der Waals surface area (Å²) in [6.07, 6.45) is 0. The molecule has 0 spiro atoms. The summed E-state index contributed by atoms with van der Waals surface area (Å²) >= 11 is 0. The second-order valence-corrected chi connectivity index (χ2v) is 17.8. The molecule has 0 bridgehead atoms. The van der Waals surface area contributed by atoms with E-state index in [1.807, 2.05) is 19.9 Å². The minimum absolute atomic E-state index is 0.00877. The van der Waals surface area contributed by atoms with E-state index in [4.69, 9.17) is 10.2 Å². The van der Waals surface area contributed by atoms with Crippen molar-refractivity contribution in [2.75, 3.05) is 29.0 Å². The molecule has 4 amide bonds. The maximum Gasteiger partial charge on any atom is 0.323 e. The summed E-state index contributed by atoms with van der Waals surface area (Å²) in [5.74, 6) is -2.97. The maximum atomic E-state index is 13.2. The molecule has 4 aromatic carbocycles. The Bertz CT molecular complexity index is 3220. The van der Waals surface area contributed by atoms with Gasteiger partial charge in [0.1, 0.15) is 34.2 Å². The summed E-state index contributed by atoms with van der Waals surface area (Å²) in [6, 6.07) is 14.2. The Labute approximate surface area is 366 Å². The van der Waals surface area contributed by atoms with Gasteiger partial charge in [-0.15, -0.1) is 0 Å². The zero-order valence-electron chi connectivity index (χ0n) is 35.0. The number of urea groups is 2. The summed E-state index contributed by atoms with van der Waals surface area (Å²) in [6.45, 7) is 8.40. The molecule has 6 rings (SSSR count). The van der Waals surface area contributed by atoms with Gasteiger partial charge in [0.15, 0.2) is 0 Å². The van der Waals surface area contributed by atoms with E-state index in [0.29, 0.717) is 38.7 Å². The normalized spacial score (nSPS) is 12.0. The zero-order valence-corrected chi connectivity index (χ0v) is 36.6. The highest BCUT2D eigenvalue weighted by atomic mass is 32.2. The molecule has 0 aromatic heterocycles. The molecule has 4 aromatic rings. The number of nitrogens with zero attached hydrogens (tertiary/aromatic N) is 2. The van der Waals surface area contributed by atoms with Crippen molar-refractivity contribution in [3.8, 4) is 22.5 Å². The van der Waals surface area contributed by atoms with Crippen molar-refractivity contribution in [2.45, 2.75) is 51.3 Å². The van der Waals surface area contributed by atoms with Crippen LogP contribution in [0.4, 0.5) is 38.0 Å². The highest BCUT2D eigenvalue weighted by Gasteiger charge is 2.28. The number of rotatable bonds is 12. The first-order valence-electron chi connectivity index (χ1n) is 19.0. The van der Waals surface area contributed by atoms with Crippen LogP contribution in [0.5, 0.6) is 0 Å². The highest BCUT2D eigenvalue weighted by Crippen LogP contribution is 2.44. The topological polar surface area (TPSA) is 308 Å². The van der Waals surface area contributed by atoms with Crippen LogP contribution in [0.3, 0.4) is 0 Å². The highest BCUT2D eigenvalue weighted by molar-refractivity contribution is 7.86. The number of benzene rings is 5. The SMILES string of the molecule is Cc1cc(C)c(NC(=O)N(CC(=O)O)CC(=O)O)c(C)c1N=c1cc2oc3cc(Nc4c(C)cc(C)c(NC(N)=O)c4C)ccc3c(-c3ccccc3S(=O)(=O)O)c-2cc1S(=O)(=O)O. The molecule has 334 valence electrons. The third-order valence-electron chi connectivity index (χ3n) is 10.3. The van der Waals surface area contributed by atoms with E-state index in [9.17, 15) is 55.3 Å². The number of amides is 4. The molecular weight excluding hydrogens is 873 g/mol. The first kappa shape index (κ1) is 46.2. The average Bonchev–Trinajstić information content (AvgIpc) is 3.18. The molecule has 1 aliphatic carbocycles. The summed E-state index contributed by atoms with van der Waals surface area (Å²) in [4.78, 5) is 51.8. The molecule has 0 unspecified atom stereocenters. The van der Waals surface area contributed by atoms with Crippen LogP contribution in [0.25, 0.3) is 33.4 Å². The quantitative estimate of drug-likeness (QED) is 0.0452. The van der Waals surface area contributed by atoms with Gasteiger partial charge in [0, 0.05) is 45.6 Å². The van der Waals surface area contributed by atoms with E-state index in [1.165, 1.54) is 37.3 Å². The lowest BCUT2D eigenvalue weighted by Crippen LogP contribution is -2.42. The van der Waals surface area contributed by atoms with Crippen LogP contribution in [0.2, 0.25) is 0 Å². The maximum absolute atomic E-state index is 13.2. The largest absolute Gasteiger partial charge is 0.480 e. The Morgan fingerprint density at radius 1 is 0.688 bits per heavy atom. The van der Waals surface area contributed by atoms with E-state index < -0.39 is 67.1 Å². The van der Waals surface area contributed by atoms with Crippen molar-refractivity contribution in [3.63, 3.8) is 0 Å². The van der Waals surface area contributed by atoms with Gasteiger partial charge in [0.2, 0.25) is 0 Å². The first-order valence-corrected chi connectivity index (χ1v) is 21.9. The van der Waals surface area contributed by atoms with Gasteiger partial charge in [-0.3, -0.25) is 18.7 Å². The number of hydrogen-bond acceptors (Lipinski definition) is 11. The number of carbonyl (C=O) groups excluding carboxylic acids is 2. The van der Waals surface area contributed by atoms with Gasteiger partial charge < -0.3 is 41.2 Å². The van der Waals surface area contributed by atoms with E-state index in [0.717, 1.165) is 17.2 Å². The molecule has 2 aliphatic rings. The molecule has 21 heteroatoms. The number of aryl methyl sites for hydroxylation is 4. The summed E-state index contributed by atoms with van der Waals surface area (Å²) < 4.78 is 79.5. The Balaban J connectivity index is 1.64. The smallest absolute Gasteiger partial charge is 0.323 e. The van der Waals surface area contributed by atoms with Crippen molar-refractivity contribution in [2.24, 2.45) is 10.7 Å². The molecule has 0 saturated heterocycles. The number of primary amides is 1. The standard InChI is InChI=1S/C43H42N6O13S2/c1-20-13-22(3)40(47-42(44)54)24(5)38(20)45-26-11-12-27-31(15-26)62-32-17-30(34(64(59,60)61)16-29(32)37(27)28-9-7-8-10-33(28)63(56,57)58)46-39-21(2)14-23(4)41(25(39)6)48-43(55)49(18-35(50)51)19-36(52)53/h7-17,45H,18-19H2,1-6H3,(H,48,55)(H,50,51)(H,52,53)(H3,44,47,54)(H,56,57,58)(H,59,60,61). The number of carboxylic acid groups (broad SMARTS) is 2. The van der Waals surface area contributed by atoms with Gasteiger partial charge >= 0.3 is 24.0 Å². The molecule has 0 fully saturated rings. The number of carboxylic acids is 2. The lowest BCUT2D eigenvalue weighted by Gasteiger charge is -2.22. The van der Waals surface area contributed by atoms with Crippen LogP contribution in [0.1, 0.15) is 33.4 Å². The fraction of sp³-hybridized carbons (Fsp3) is 0.186. The van der Waals surface area contributed by atoms with Crippen LogP contribution in [0, 0.1) is 41.5 Å². The second kappa shape index (κ2) is 17.4. The number of aliphatic carboxylic acids is 2. The molecule has 64 heavy (non-hydrogen) atoms. The Hall–Kier alpha value is -7.33. The molecule has 0 saturated carbocycles. The van der Waals surface area contributed by atoms with Crippen molar-refractivity contribution in [1.29, 1.82) is 0 Å². The van der Waals surface area contributed by atoms with Gasteiger partial charge in [-0.25, -0.2) is 14.6 Å². The number of fused-ring (bicyclic) bond motifs is 2. The van der Waals surface area contributed by atoms with Crippen LogP contribution in [0.15, 0.2) is 85.9 Å². The van der Waals surface area contributed by atoms with E-state index in [2.05, 4.69) is 20.9 Å². The van der Waals surface area contributed by atoms with Crippen molar-refractivity contribution >= 4 is 83.6 Å². The van der Waals surface area contributed by atoms with Crippen molar-refractivity contribution in [1.82, 2.24) is 4.90 Å². The van der Waals surface area contributed by atoms with Crippen molar-refractivity contribution < 1.29 is 59.7 Å². The molecule has 1 heterocycles. The number of anilines is 4. The number of carbonyl (C=O) groups is 4. The molecule has 19 nitrogen and oxygen atoms in total. The summed E-state index contributed by atoms with van der Waals surface area (Å²) in [7, 11) is -10.0. The van der Waals surface area contributed by atoms with Crippen molar-refractivity contribution in [3.05, 3.63) is 105 Å². The fourth-order valence-corrected chi connectivity index (χ4v) is 9.01. The third kappa shape index (κ3) is 9.51. The predicted octanol–water partition coefficient (Wildman–Crippen LogP) is 7.02. The zero-order chi connectivity index (χ0) is 47.2. The van der Waals surface area contributed by atoms with Gasteiger partial charge in [-0.1, -0.05) is 30.3 Å². The lowest BCUT2D eigenvalue weighted by molar-refractivity contribution is -0.140. The van der Waals surface area contributed by atoms with Crippen LogP contribution in [-0.2, 0) is 29.8 Å². The first-order chi connectivity index (χ1) is 29.8. The van der Waals surface area contributed by atoms with Crippen LogP contribution in [-0.4, -0.2) is 78.1 Å². The van der Waals surface area contributed by atoms with Crippen LogP contribution >= 0.6 is 0 Å².